The van der Waals surface area contributed by atoms with E-state index in [4.69, 9.17) is 5.11 Å². The summed E-state index contributed by atoms with van der Waals surface area (Å²) in [4.78, 5) is 2.26. The van der Waals surface area contributed by atoms with E-state index in [9.17, 15) is 5.11 Å². The Morgan fingerprint density at radius 1 is 1.44 bits per heavy atom. The summed E-state index contributed by atoms with van der Waals surface area (Å²) in [5.41, 5.74) is 1.82. The summed E-state index contributed by atoms with van der Waals surface area (Å²) < 4.78 is 1.87. The van der Waals surface area contributed by atoms with E-state index in [-0.39, 0.29) is 6.61 Å². The van der Waals surface area contributed by atoms with Crippen molar-refractivity contribution < 1.29 is 10.2 Å². The first kappa shape index (κ1) is 12.1. The second-order valence-electron chi connectivity index (χ2n) is 5.36. The van der Waals surface area contributed by atoms with Gasteiger partial charge < -0.3 is 15.5 Å². The predicted octanol–water partition coefficient (Wildman–Crippen LogP) is -1.08. The van der Waals surface area contributed by atoms with Gasteiger partial charge in [-0.3, -0.25) is 9.58 Å². The molecule has 0 saturated carbocycles. The van der Waals surface area contributed by atoms with E-state index in [2.05, 4.69) is 15.3 Å². The van der Waals surface area contributed by atoms with Crippen molar-refractivity contribution in [3.05, 3.63) is 17.5 Å². The molecule has 18 heavy (non-hydrogen) atoms. The number of hydrogen-bond donors (Lipinski definition) is 3. The molecule has 0 radical (unpaired) electrons. The highest BCUT2D eigenvalue weighted by Gasteiger charge is 2.35. The van der Waals surface area contributed by atoms with Gasteiger partial charge in [0.25, 0.3) is 0 Å². The van der Waals surface area contributed by atoms with Crippen LogP contribution in [-0.4, -0.2) is 56.7 Å². The number of nitrogens with one attached hydrogen (secondary N) is 1. The van der Waals surface area contributed by atoms with Gasteiger partial charge in [-0.25, -0.2) is 0 Å². The Morgan fingerprint density at radius 3 is 3.06 bits per heavy atom. The van der Waals surface area contributed by atoms with Gasteiger partial charge in [-0.15, -0.1) is 0 Å². The summed E-state index contributed by atoms with van der Waals surface area (Å²) in [6.45, 7) is 4.61. The largest absolute Gasteiger partial charge is 0.394 e. The Hall–Kier alpha value is -0.950. The smallest absolute Gasteiger partial charge is 0.0909 e. The van der Waals surface area contributed by atoms with Crippen LogP contribution in [0.2, 0.25) is 0 Å². The maximum absolute atomic E-state index is 10.4. The van der Waals surface area contributed by atoms with E-state index < -0.39 is 5.60 Å². The van der Waals surface area contributed by atoms with E-state index in [1.807, 2.05) is 10.9 Å². The molecule has 3 heterocycles. The van der Waals surface area contributed by atoms with Gasteiger partial charge in [0.05, 0.1) is 30.6 Å². The summed E-state index contributed by atoms with van der Waals surface area (Å²) in [7, 11) is 0. The maximum Gasteiger partial charge on any atom is 0.0909 e. The van der Waals surface area contributed by atoms with Crippen LogP contribution in [0.3, 0.4) is 0 Å². The van der Waals surface area contributed by atoms with E-state index in [1.54, 1.807) is 0 Å². The molecule has 0 amide bonds. The molecule has 0 aromatic carbocycles. The Kier molecular flexibility index (Phi) is 3.11. The van der Waals surface area contributed by atoms with E-state index in [0.29, 0.717) is 19.6 Å². The highest BCUT2D eigenvalue weighted by atomic mass is 16.3. The van der Waals surface area contributed by atoms with Gasteiger partial charge in [0.1, 0.15) is 0 Å². The van der Waals surface area contributed by atoms with Crippen molar-refractivity contribution in [2.75, 3.05) is 26.2 Å². The Balaban J connectivity index is 1.65. The molecule has 1 saturated heterocycles. The molecule has 0 bridgehead atoms. The molecule has 3 N–H and O–H groups in total. The molecular weight excluding hydrogens is 232 g/mol. The number of fused-ring (bicyclic) bond motifs is 1. The number of hydrogen-bond acceptors (Lipinski definition) is 5. The third-order valence-corrected chi connectivity index (χ3v) is 3.85. The third-order valence-electron chi connectivity index (χ3n) is 3.85. The first-order chi connectivity index (χ1) is 8.70. The molecule has 0 unspecified atom stereocenters. The molecule has 100 valence electrons. The molecule has 6 heteroatoms. The molecule has 0 aliphatic carbocycles. The maximum atomic E-state index is 10.4. The van der Waals surface area contributed by atoms with Gasteiger partial charge in [0.15, 0.2) is 0 Å². The van der Waals surface area contributed by atoms with Crippen LogP contribution in [0.1, 0.15) is 17.7 Å². The molecule has 2 aliphatic heterocycles. The lowest BCUT2D eigenvalue weighted by Crippen LogP contribution is -2.42. The van der Waals surface area contributed by atoms with Crippen LogP contribution in [0, 0.1) is 0 Å². The second-order valence-corrected chi connectivity index (χ2v) is 5.36. The first-order valence-corrected chi connectivity index (χ1v) is 6.50. The summed E-state index contributed by atoms with van der Waals surface area (Å²) in [5.74, 6) is 0. The molecule has 1 aromatic rings. The summed E-state index contributed by atoms with van der Waals surface area (Å²) >= 11 is 0. The third kappa shape index (κ3) is 2.16. The SMILES string of the molecule is OCCn1ncc2c1CN(C[C@]1(O)CCNC1)C2. The average Bonchev–Trinajstić information content (AvgIpc) is 2.98. The Labute approximate surface area is 106 Å². The van der Waals surface area contributed by atoms with Gasteiger partial charge in [-0.1, -0.05) is 0 Å². The number of aliphatic hydroxyl groups is 2. The molecule has 1 aromatic heterocycles. The average molecular weight is 252 g/mol. The van der Waals surface area contributed by atoms with Crippen LogP contribution < -0.4 is 5.32 Å². The van der Waals surface area contributed by atoms with Gasteiger partial charge >= 0.3 is 0 Å². The zero-order valence-corrected chi connectivity index (χ0v) is 10.5. The van der Waals surface area contributed by atoms with Crippen LogP contribution in [0.15, 0.2) is 6.20 Å². The lowest BCUT2D eigenvalue weighted by molar-refractivity contribution is 0.0190. The van der Waals surface area contributed by atoms with Crippen LogP contribution in [0.25, 0.3) is 0 Å². The number of rotatable bonds is 4. The number of nitrogens with zero attached hydrogens (tertiary/aromatic N) is 3. The quantitative estimate of drug-likeness (QED) is 0.635. The summed E-state index contributed by atoms with van der Waals surface area (Å²) in [5, 5.41) is 26.8. The van der Waals surface area contributed by atoms with Crippen LogP contribution in [0.5, 0.6) is 0 Å². The van der Waals surface area contributed by atoms with Gasteiger partial charge in [-0.05, 0) is 13.0 Å². The highest BCUT2D eigenvalue weighted by Crippen LogP contribution is 2.25. The summed E-state index contributed by atoms with van der Waals surface area (Å²) in [6.07, 6.45) is 2.70. The van der Waals surface area contributed by atoms with Crippen molar-refractivity contribution in [1.82, 2.24) is 20.0 Å². The molecular formula is C12H20N4O2. The molecule has 2 aliphatic rings. The van der Waals surface area contributed by atoms with Crippen molar-refractivity contribution >= 4 is 0 Å². The van der Waals surface area contributed by atoms with Gasteiger partial charge in [0, 0.05) is 31.7 Å². The van der Waals surface area contributed by atoms with E-state index >= 15 is 0 Å². The number of aromatic nitrogens is 2. The van der Waals surface area contributed by atoms with E-state index in [1.165, 1.54) is 11.3 Å². The molecule has 1 atom stereocenters. The van der Waals surface area contributed by atoms with Crippen molar-refractivity contribution in [2.45, 2.75) is 31.7 Å². The van der Waals surface area contributed by atoms with Crippen LogP contribution in [0.4, 0.5) is 0 Å². The predicted molar refractivity (Wildman–Crippen MR) is 65.9 cm³/mol. The minimum Gasteiger partial charge on any atom is -0.394 e. The number of β-amino-alcohol motifs (C(OH)–C–C–N with tert-alkyl or cyclic N) is 1. The Morgan fingerprint density at radius 2 is 2.33 bits per heavy atom. The zero-order valence-electron chi connectivity index (χ0n) is 10.5. The minimum atomic E-state index is -0.585. The second kappa shape index (κ2) is 4.62. The zero-order chi connectivity index (χ0) is 12.6. The summed E-state index contributed by atoms with van der Waals surface area (Å²) in [6, 6.07) is 0. The van der Waals surface area contributed by atoms with Crippen molar-refractivity contribution in [2.24, 2.45) is 0 Å². The van der Waals surface area contributed by atoms with Crippen LogP contribution in [-0.2, 0) is 19.6 Å². The Bertz CT molecular complexity index is 426. The lowest BCUT2D eigenvalue weighted by atomic mass is 10.0. The molecule has 1 fully saturated rings. The number of aliphatic hydroxyl groups excluding tert-OH is 1. The molecule has 3 rings (SSSR count). The molecule has 0 spiro atoms. The fourth-order valence-electron chi connectivity index (χ4n) is 2.95. The van der Waals surface area contributed by atoms with Crippen LogP contribution >= 0.6 is 0 Å². The fraction of sp³-hybridized carbons (Fsp3) is 0.750. The fourth-order valence-corrected chi connectivity index (χ4v) is 2.95. The van der Waals surface area contributed by atoms with Crippen molar-refractivity contribution in [3.63, 3.8) is 0 Å². The monoisotopic (exact) mass is 252 g/mol. The van der Waals surface area contributed by atoms with Gasteiger partial charge in [0.2, 0.25) is 0 Å². The lowest BCUT2D eigenvalue weighted by Gasteiger charge is -2.27. The topological polar surface area (TPSA) is 73.5 Å². The molecule has 6 nitrogen and oxygen atoms in total. The van der Waals surface area contributed by atoms with Gasteiger partial charge in [-0.2, -0.15) is 5.10 Å². The standard InChI is InChI=1S/C12H20N4O2/c17-4-3-16-11-7-15(6-10(11)5-14-16)9-12(18)1-2-13-8-12/h5,13,17-18H,1-4,6-9H2/t12-/m0/s1. The normalized spacial score (nSPS) is 27.9. The van der Waals surface area contributed by atoms with Crippen molar-refractivity contribution in [3.8, 4) is 0 Å². The highest BCUT2D eigenvalue weighted by molar-refractivity contribution is 5.22. The van der Waals surface area contributed by atoms with Crippen molar-refractivity contribution in [1.29, 1.82) is 0 Å². The van der Waals surface area contributed by atoms with E-state index in [0.717, 1.165) is 26.1 Å². The minimum absolute atomic E-state index is 0.113. The first-order valence-electron chi connectivity index (χ1n) is 6.50.